The van der Waals surface area contributed by atoms with E-state index in [2.05, 4.69) is 16.7 Å². The number of nitrogens with zero attached hydrogens (tertiary/aromatic N) is 2. The Kier molecular flexibility index (Phi) is 3.69. The number of rotatable bonds is 4. The molecule has 4 heteroatoms. The monoisotopic (exact) mass is 277 g/mol. The van der Waals surface area contributed by atoms with E-state index in [4.69, 9.17) is 5.73 Å². The van der Waals surface area contributed by atoms with Gasteiger partial charge in [-0.15, -0.1) is 0 Å². The summed E-state index contributed by atoms with van der Waals surface area (Å²) in [6, 6.07) is 6.87. The number of fused-ring (bicyclic) bond motifs is 2. The molecule has 3 rings (SSSR count). The van der Waals surface area contributed by atoms with Crippen LogP contribution >= 0.6 is 0 Å². The number of halogens is 1. The first kappa shape index (κ1) is 13.8. The van der Waals surface area contributed by atoms with Crippen LogP contribution in [0.25, 0.3) is 0 Å². The molecule has 3 unspecified atom stereocenters. The molecule has 0 saturated carbocycles. The molecule has 2 saturated heterocycles. The predicted molar refractivity (Wildman–Crippen MR) is 80.4 cm³/mol. The van der Waals surface area contributed by atoms with Crippen LogP contribution in [0.15, 0.2) is 24.3 Å². The van der Waals surface area contributed by atoms with Crippen molar-refractivity contribution < 1.29 is 4.39 Å². The van der Waals surface area contributed by atoms with Gasteiger partial charge in [0.1, 0.15) is 5.82 Å². The van der Waals surface area contributed by atoms with Crippen LogP contribution in [0.2, 0.25) is 0 Å². The highest BCUT2D eigenvalue weighted by Gasteiger charge is 2.48. The lowest BCUT2D eigenvalue weighted by molar-refractivity contribution is 0.164. The van der Waals surface area contributed by atoms with Crippen LogP contribution in [0, 0.1) is 11.7 Å². The van der Waals surface area contributed by atoms with Crippen molar-refractivity contribution in [1.29, 1.82) is 0 Å². The normalized spacial score (nSPS) is 32.4. The molecule has 2 bridgehead atoms. The van der Waals surface area contributed by atoms with E-state index in [0.717, 1.165) is 31.7 Å². The lowest BCUT2D eigenvalue weighted by Crippen LogP contribution is -2.62. The van der Waals surface area contributed by atoms with Crippen LogP contribution in [-0.2, 0) is 0 Å². The third kappa shape index (κ3) is 2.11. The molecule has 2 N–H and O–H groups in total. The predicted octanol–water partition coefficient (Wildman–Crippen LogP) is 2.08. The van der Waals surface area contributed by atoms with Crippen molar-refractivity contribution in [1.82, 2.24) is 4.90 Å². The van der Waals surface area contributed by atoms with E-state index in [-0.39, 0.29) is 11.4 Å². The van der Waals surface area contributed by atoms with E-state index < -0.39 is 0 Å². The largest absolute Gasteiger partial charge is 0.364 e. The second-order valence-corrected chi connectivity index (χ2v) is 6.06. The summed E-state index contributed by atoms with van der Waals surface area (Å²) in [5.41, 5.74) is 7.37. The zero-order valence-electron chi connectivity index (χ0n) is 12.2. The van der Waals surface area contributed by atoms with Gasteiger partial charge in [0.2, 0.25) is 0 Å². The maximum Gasteiger partial charge on any atom is 0.123 e. The van der Waals surface area contributed by atoms with Gasteiger partial charge in [0.25, 0.3) is 0 Å². The molecule has 2 aliphatic rings. The SMILES string of the molecule is CCN(c1ccc(F)cc1)C1(CN)CCN2CCC1C2. The van der Waals surface area contributed by atoms with Gasteiger partial charge in [-0.1, -0.05) is 0 Å². The number of hydrogen-bond donors (Lipinski definition) is 1. The fourth-order valence-electron chi connectivity index (χ4n) is 4.14. The summed E-state index contributed by atoms with van der Waals surface area (Å²) in [4.78, 5) is 4.96. The Bertz CT molecular complexity index is 461. The van der Waals surface area contributed by atoms with E-state index in [0.29, 0.717) is 12.5 Å². The van der Waals surface area contributed by atoms with E-state index in [9.17, 15) is 4.39 Å². The third-order valence-electron chi connectivity index (χ3n) is 5.24. The number of hydrogen-bond acceptors (Lipinski definition) is 3. The molecule has 2 heterocycles. The summed E-state index contributed by atoms with van der Waals surface area (Å²) in [7, 11) is 0. The summed E-state index contributed by atoms with van der Waals surface area (Å²) in [5, 5.41) is 0. The Hall–Kier alpha value is -1.13. The Morgan fingerprint density at radius 2 is 2.10 bits per heavy atom. The zero-order valence-corrected chi connectivity index (χ0v) is 12.2. The van der Waals surface area contributed by atoms with E-state index >= 15 is 0 Å². The Labute approximate surface area is 120 Å². The fraction of sp³-hybridized carbons (Fsp3) is 0.625. The summed E-state index contributed by atoms with van der Waals surface area (Å²) < 4.78 is 13.2. The molecular formula is C16H24FN3. The highest BCUT2D eigenvalue weighted by molar-refractivity contribution is 5.50. The highest BCUT2D eigenvalue weighted by atomic mass is 19.1. The molecule has 0 amide bonds. The summed E-state index contributed by atoms with van der Waals surface area (Å²) in [6.45, 7) is 7.26. The molecule has 20 heavy (non-hydrogen) atoms. The lowest BCUT2D eigenvalue weighted by Gasteiger charge is -2.51. The quantitative estimate of drug-likeness (QED) is 0.914. The standard InChI is InChI=1S/C16H24FN3/c1-2-20(15-5-3-14(17)4-6-15)16(12-18)8-10-19-9-7-13(16)11-19/h3-6,13H,2,7-12,18H2,1H3. The minimum absolute atomic E-state index is 0.0412. The molecule has 110 valence electrons. The summed E-state index contributed by atoms with van der Waals surface area (Å²) in [5.74, 6) is 0.452. The molecule has 3 atom stereocenters. The average Bonchev–Trinajstić information content (AvgIpc) is 2.88. The second-order valence-electron chi connectivity index (χ2n) is 6.06. The van der Waals surface area contributed by atoms with Crippen LogP contribution < -0.4 is 10.6 Å². The first-order valence-corrected chi connectivity index (χ1v) is 7.65. The van der Waals surface area contributed by atoms with Gasteiger partial charge in [-0.05, 0) is 56.5 Å². The number of benzene rings is 1. The number of likely N-dealkylation sites (N-methyl/N-ethyl adjacent to an activating group) is 1. The van der Waals surface area contributed by atoms with Crippen LogP contribution in [0.5, 0.6) is 0 Å². The second kappa shape index (κ2) is 5.34. The maximum atomic E-state index is 13.2. The molecule has 1 aromatic carbocycles. The van der Waals surface area contributed by atoms with Gasteiger partial charge in [0, 0.05) is 31.9 Å². The summed E-state index contributed by atoms with van der Waals surface area (Å²) >= 11 is 0. The molecule has 0 aromatic heterocycles. The maximum absolute atomic E-state index is 13.2. The van der Waals surface area contributed by atoms with Gasteiger partial charge in [0.05, 0.1) is 5.54 Å². The zero-order chi connectivity index (χ0) is 14.2. The van der Waals surface area contributed by atoms with Crippen LogP contribution in [0.1, 0.15) is 19.8 Å². The van der Waals surface area contributed by atoms with Crippen molar-refractivity contribution in [2.24, 2.45) is 11.7 Å². The number of anilines is 1. The molecule has 2 aliphatic heterocycles. The van der Waals surface area contributed by atoms with Crippen molar-refractivity contribution >= 4 is 5.69 Å². The van der Waals surface area contributed by atoms with Crippen LogP contribution in [-0.4, -0.2) is 43.2 Å². The van der Waals surface area contributed by atoms with Crippen molar-refractivity contribution in [2.75, 3.05) is 37.6 Å². The molecule has 0 radical (unpaired) electrons. The van der Waals surface area contributed by atoms with Gasteiger partial charge in [0.15, 0.2) is 0 Å². The smallest absolute Gasteiger partial charge is 0.123 e. The first-order chi connectivity index (χ1) is 9.69. The lowest BCUT2D eigenvalue weighted by atomic mass is 9.77. The van der Waals surface area contributed by atoms with Gasteiger partial charge in [-0.3, -0.25) is 0 Å². The van der Waals surface area contributed by atoms with Crippen molar-refractivity contribution in [2.45, 2.75) is 25.3 Å². The van der Waals surface area contributed by atoms with E-state index in [1.807, 2.05) is 12.1 Å². The molecule has 1 aromatic rings. The highest BCUT2D eigenvalue weighted by Crippen LogP contribution is 2.41. The van der Waals surface area contributed by atoms with Crippen molar-refractivity contribution in [3.63, 3.8) is 0 Å². The molecule has 0 spiro atoms. The van der Waals surface area contributed by atoms with E-state index in [1.54, 1.807) is 12.1 Å². The summed E-state index contributed by atoms with van der Waals surface area (Å²) in [6.07, 6.45) is 2.34. The topological polar surface area (TPSA) is 32.5 Å². The van der Waals surface area contributed by atoms with Crippen molar-refractivity contribution in [3.8, 4) is 0 Å². The minimum Gasteiger partial charge on any atom is -0.364 e. The van der Waals surface area contributed by atoms with Gasteiger partial charge in [-0.25, -0.2) is 4.39 Å². The average molecular weight is 277 g/mol. The molecular weight excluding hydrogens is 253 g/mol. The van der Waals surface area contributed by atoms with Gasteiger partial charge >= 0.3 is 0 Å². The Balaban J connectivity index is 1.95. The van der Waals surface area contributed by atoms with Crippen molar-refractivity contribution in [3.05, 3.63) is 30.1 Å². The van der Waals surface area contributed by atoms with E-state index in [1.165, 1.54) is 13.0 Å². The number of piperidine rings is 1. The number of nitrogens with two attached hydrogens (primary N) is 1. The third-order valence-corrected chi connectivity index (χ3v) is 5.24. The molecule has 0 aliphatic carbocycles. The van der Waals surface area contributed by atoms with Crippen LogP contribution in [0.4, 0.5) is 10.1 Å². The van der Waals surface area contributed by atoms with Crippen LogP contribution in [0.3, 0.4) is 0 Å². The Morgan fingerprint density at radius 3 is 2.75 bits per heavy atom. The molecule has 2 fully saturated rings. The first-order valence-electron chi connectivity index (χ1n) is 7.65. The van der Waals surface area contributed by atoms with Gasteiger partial charge in [-0.2, -0.15) is 0 Å². The minimum atomic E-state index is -0.178. The Morgan fingerprint density at radius 1 is 1.35 bits per heavy atom. The fourth-order valence-corrected chi connectivity index (χ4v) is 4.14. The molecule has 3 nitrogen and oxygen atoms in total. The van der Waals surface area contributed by atoms with Gasteiger partial charge < -0.3 is 15.5 Å².